The number of carbonyl (C=O) groups excluding carboxylic acids is 2. The number of amides is 2. The Balaban J connectivity index is 1.52. The number of rotatable bonds is 3. The van der Waals surface area contributed by atoms with Crippen LogP contribution in [0.3, 0.4) is 0 Å². The summed E-state index contributed by atoms with van der Waals surface area (Å²) in [6.45, 7) is 6.91. The molecule has 1 aromatic carbocycles. The molecule has 1 N–H and O–H groups in total. The van der Waals surface area contributed by atoms with Crippen molar-refractivity contribution in [3.8, 4) is 0 Å². The SMILES string of the molecule is CC(=O)NC(C)C(=O)N1CCC(N2CCc3ccccc3C2)CC1. The summed E-state index contributed by atoms with van der Waals surface area (Å²) < 4.78 is 0. The van der Waals surface area contributed by atoms with Gasteiger partial charge in [0.05, 0.1) is 0 Å². The highest BCUT2D eigenvalue weighted by atomic mass is 16.2. The van der Waals surface area contributed by atoms with E-state index in [2.05, 4.69) is 34.5 Å². The maximum absolute atomic E-state index is 12.4. The highest BCUT2D eigenvalue weighted by Gasteiger charge is 2.30. The molecular formula is C19H27N3O2. The molecule has 24 heavy (non-hydrogen) atoms. The summed E-state index contributed by atoms with van der Waals surface area (Å²) in [5.41, 5.74) is 2.92. The van der Waals surface area contributed by atoms with Gasteiger partial charge >= 0.3 is 0 Å². The number of carbonyl (C=O) groups is 2. The summed E-state index contributed by atoms with van der Waals surface area (Å²) in [6, 6.07) is 8.83. The molecule has 2 aliphatic heterocycles. The average molecular weight is 329 g/mol. The van der Waals surface area contributed by atoms with Crippen molar-refractivity contribution in [3.05, 3.63) is 35.4 Å². The summed E-state index contributed by atoms with van der Waals surface area (Å²) in [4.78, 5) is 28.0. The van der Waals surface area contributed by atoms with Crippen LogP contribution in [0.1, 0.15) is 37.8 Å². The van der Waals surface area contributed by atoms with Crippen LogP contribution in [-0.4, -0.2) is 53.3 Å². The molecule has 5 heteroatoms. The van der Waals surface area contributed by atoms with Crippen molar-refractivity contribution in [1.29, 1.82) is 0 Å². The van der Waals surface area contributed by atoms with E-state index in [-0.39, 0.29) is 11.8 Å². The van der Waals surface area contributed by atoms with Gasteiger partial charge in [-0.1, -0.05) is 24.3 Å². The Bertz CT molecular complexity index is 608. The van der Waals surface area contributed by atoms with Crippen LogP contribution in [0, 0.1) is 0 Å². The number of benzene rings is 1. The van der Waals surface area contributed by atoms with Crippen LogP contribution in [0.25, 0.3) is 0 Å². The molecule has 0 spiro atoms. The van der Waals surface area contributed by atoms with Crippen molar-refractivity contribution in [1.82, 2.24) is 15.1 Å². The van der Waals surface area contributed by atoms with Gasteiger partial charge in [-0.05, 0) is 37.3 Å². The molecule has 0 aliphatic carbocycles. The van der Waals surface area contributed by atoms with Crippen LogP contribution < -0.4 is 5.32 Å². The van der Waals surface area contributed by atoms with Crippen molar-refractivity contribution in [3.63, 3.8) is 0 Å². The molecule has 5 nitrogen and oxygen atoms in total. The first kappa shape index (κ1) is 17.0. The van der Waals surface area contributed by atoms with E-state index in [1.807, 2.05) is 4.90 Å². The minimum Gasteiger partial charge on any atom is -0.345 e. The fraction of sp³-hybridized carbons (Fsp3) is 0.579. The molecule has 0 radical (unpaired) electrons. The molecule has 2 aliphatic rings. The molecule has 1 fully saturated rings. The molecule has 3 rings (SSSR count). The molecule has 0 saturated carbocycles. The topological polar surface area (TPSA) is 52.7 Å². The lowest BCUT2D eigenvalue weighted by Crippen LogP contribution is -2.52. The summed E-state index contributed by atoms with van der Waals surface area (Å²) >= 11 is 0. The van der Waals surface area contributed by atoms with E-state index < -0.39 is 6.04 Å². The van der Waals surface area contributed by atoms with Gasteiger partial charge in [-0.2, -0.15) is 0 Å². The zero-order valence-electron chi connectivity index (χ0n) is 14.6. The normalized spacial score (nSPS) is 20.3. The zero-order chi connectivity index (χ0) is 17.1. The van der Waals surface area contributed by atoms with Gasteiger partial charge in [-0.25, -0.2) is 0 Å². The third-order valence-corrected chi connectivity index (χ3v) is 5.24. The van der Waals surface area contributed by atoms with E-state index in [0.29, 0.717) is 6.04 Å². The molecule has 1 atom stereocenters. The summed E-state index contributed by atoms with van der Waals surface area (Å²) in [5.74, 6) is -0.120. The first-order valence-corrected chi connectivity index (χ1v) is 8.91. The van der Waals surface area contributed by atoms with E-state index >= 15 is 0 Å². The van der Waals surface area contributed by atoms with Gasteiger partial charge < -0.3 is 10.2 Å². The number of nitrogens with zero attached hydrogens (tertiary/aromatic N) is 2. The quantitative estimate of drug-likeness (QED) is 0.916. The van der Waals surface area contributed by atoms with E-state index in [0.717, 1.165) is 45.4 Å². The Hall–Kier alpha value is -1.88. The second-order valence-electron chi connectivity index (χ2n) is 6.97. The lowest BCUT2D eigenvalue weighted by atomic mass is 9.95. The summed E-state index contributed by atoms with van der Waals surface area (Å²) in [5, 5.41) is 2.68. The molecule has 2 amide bonds. The van der Waals surface area contributed by atoms with Crippen molar-refractivity contribution in [2.45, 2.75) is 51.7 Å². The van der Waals surface area contributed by atoms with Crippen LogP contribution in [0.5, 0.6) is 0 Å². The van der Waals surface area contributed by atoms with Gasteiger partial charge in [-0.3, -0.25) is 14.5 Å². The van der Waals surface area contributed by atoms with Crippen LogP contribution in [0.4, 0.5) is 0 Å². The smallest absolute Gasteiger partial charge is 0.244 e. The van der Waals surface area contributed by atoms with Gasteiger partial charge in [0.1, 0.15) is 6.04 Å². The molecule has 1 unspecified atom stereocenters. The number of fused-ring (bicyclic) bond motifs is 1. The lowest BCUT2D eigenvalue weighted by molar-refractivity contribution is -0.137. The van der Waals surface area contributed by atoms with Crippen molar-refractivity contribution < 1.29 is 9.59 Å². The maximum atomic E-state index is 12.4. The van der Waals surface area contributed by atoms with E-state index in [9.17, 15) is 9.59 Å². The highest BCUT2D eigenvalue weighted by Crippen LogP contribution is 2.25. The Morgan fingerprint density at radius 2 is 1.79 bits per heavy atom. The van der Waals surface area contributed by atoms with Crippen LogP contribution in [-0.2, 0) is 22.6 Å². The van der Waals surface area contributed by atoms with Gasteiger partial charge in [0.25, 0.3) is 0 Å². The first-order valence-electron chi connectivity index (χ1n) is 8.91. The zero-order valence-corrected chi connectivity index (χ0v) is 14.6. The Morgan fingerprint density at radius 3 is 2.46 bits per heavy atom. The second-order valence-corrected chi connectivity index (χ2v) is 6.97. The van der Waals surface area contributed by atoms with Gasteiger partial charge in [0.15, 0.2) is 0 Å². The van der Waals surface area contributed by atoms with Gasteiger partial charge in [-0.15, -0.1) is 0 Å². The third kappa shape index (κ3) is 3.78. The fourth-order valence-corrected chi connectivity index (χ4v) is 3.92. The molecule has 1 saturated heterocycles. The van der Waals surface area contributed by atoms with E-state index in [1.165, 1.54) is 18.1 Å². The first-order chi connectivity index (χ1) is 11.5. The summed E-state index contributed by atoms with van der Waals surface area (Å²) in [6.07, 6.45) is 3.15. The van der Waals surface area contributed by atoms with Gasteiger partial charge in [0.2, 0.25) is 11.8 Å². The van der Waals surface area contributed by atoms with Crippen LogP contribution in [0.2, 0.25) is 0 Å². The lowest BCUT2D eigenvalue weighted by Gasteiger charge is -2.41. The van der Waals surface area contributed by atoms with Crippen molar-refractivity contribution >= 4 is 11.8 Å². The Labute approximate surface area is 144 Å². The fourth-order valence-electron chi connectivity index (χ4n) is 3.92. The molecule has 130 valence electrons. The molecule has 2 heterocycles. The number of nitrogens with one attached hydrogen (secondary N) is 1. The van der Waals surface area contributed by atoms with Crippen molar-refractivity contribution in [2.24, 2.45) is 0 Å². The van der Waals surface area contributed by atoms with E-state index in [4.69, 9.17) is 0 Å². The summed E-state index contributed by atoms with van der Waals surface area (Å²) in [7, 11) is 0. The molecule has 0 bridgehead atoms. The molecular weight excluding hydrogens is 302 g/mol. The standard InChI is InChI=1S/C19H27N3O2/c1-14(20-15(2)23)19(24)21-11-8-18(9-12-21)22-10-7-16-5-3-4-6-17(16)13-22/h3-6,14,18H,7-13H2,1-2H3,(H,20,23). The van der Waals surface area contributed by atoms with Crippen LogP contribution in [0.15, 0.2) is 24.3 Å². The maximum Gasteiger partial charge on any atom is 0.244 e. The Morgan fingerprint density at radius 1 is 1.12 bits per heavy atom. The Kier molecular flexibility index (Phi) is 5.19. The minimum atomic E-state index is -0.430. The number of likely N-dealkylation sites (tertiary alicyclic amines) is 1. The number of hydrogen-bond acceptors (Lipinski definition) is 3. The van der Waals surface area contributed by atoms with Gasteiger partial charge in [0, 0.05) is 39.1 Å². The number of piperidine rings is 1. The highest BCUT2D eigenvalue weighted by molar-refractivity contribution is 5.86. The second kappa shape index (κ2) is 7.34. The molecule has 1 aromatic rings. The third-order valence-electron chi connectivity index (χ3n) is 5.24. The predicted octanol–water partition coefficient (Wildman–Crippen LogP) is 1.56. The van der Waals surface area contributed by atoms with Crippen molar-refractivity contribution in [2.75, 3.05) is 19.6 Å². The predicted molar refractivity (Wildman–Crippen MR) is 93.4 cm³/mol. The molecule has 0 aromatic heterocycles. The van der Waals surface area contributed by atoms with E-state index in [1.54, 1.807) is 6.92 Å². The number of hydrogen-bond donors (Lipinski definition) is 1. The van der Waals surface area contributed by atoms with Crippen LogP contribution >= 0.6 is 0 Å². The minimum absolute atomic E-state index is 0.0349. The monoisotopic (exact) mass is 329 g/mol. The average Bonchev–Trinajstić information content (AvgIpc) is 2.60. The largest absolute Gasteiger partial charge is 0.345 e.